The van der Waals surface area contributed by atoms with E-state index in [0.717, 1.165) is 0 Å². The van der Waals surface area contributed by atoms with Crippen LogP contribution in [0.2, 0.25) is 0 Å². The van der Waals surface area contributed by atoms with E-state index in [2.05, 4.69) is 10.6 Å². The second-order valence-corrected chi connectivity index (χ2v) is 4.41. The Morgan fingerprint density at radius 2 is 0.957 bits per heavy atom. The maximum Gasteiger partial charge on any atom is 2.00 e. The van der Waals surface area contributed by atoms with Crippen molar-refractivity contribution in [2.24, 2.45) is 0 Å². The van der Waals surface area contributed by atoms with Crippen LogP contribution in [0.1, 0.15) is 13.8 Å². The first-order valence-corrected chi connectivity index (χ1v) is 6.46. The van der Waals surface area contributed by atoms with Gasteiger partial charge in [0.1, 0.15) is 0 Å². The van der Waals surface area contributed by atoms with Gasteiger partial charge in [0, 0.05) is 25.2 Å². The quantitative estimate of drug-likeness (QED) is 0.798. The summed E-state index contributed by atoms with van der Waals surface area (Å²) in [5.74, 6) is -0.384. The number of amides is 2. The number of rotatable bonds is 2. The van der Waals surface area contributed by atoms with Gasteiger partial charge in [0.2, 0.25) is 11.8 Å². The van der Waals surface area contributed by atoms with Gasteiger partial charge in [0.05, 0.1) is 0 Å². The molecule has 0 heterocycles. The normalized spacial score (nSPS) is 8.78. The van der Waals surface area contributed by atoms with Crippen molar-refractivity contribution in [3.05, 3.63) is 48.5 Å². The number of nitrogens with one attached hydrogen (secondary N) is 2. The zero-order valence-corrected chi connectivity index (χ0v) is 15.2. The van der Waals surface area contributed by atoms with Crippen LogP contribution >= 0.6 is 0 Å². The average molecular weight is 340 g/mol. The van der Waals surface area contributed by atoms with Gasteiger partial charge in [-0.25, -0.2) is 0 Å². The molecule has 0 aliphatic rings. The van der Waals surface area contributed by atoms with Crippen molar-refractivity contribution in [1.29, 1.82) is 0 Å². The molecule has 2 N–H and O–H groups in total. The molecule has 2 amide bonds. The summed E-state index contributed by atoms with van der Waals surface area (Å²) in [6.07, 6.45) is 0. The summed E-state index contributed by atoms with van der Waals surface area (Å²) in [5, 5.41) is 26.3. The molecule has 7 heteroatoms. The van der Waals surface area contributed by atoms with E-state index >= 15 is 0 Å². The van der Waals surface area contributed by atoms with Crippen molar-refractivity contribution in [2.45, 2.75) is 13.8 Å². The van der Waals surface area contributed by atoms with Crippen molar-refractivity contribution in [1.82, 2.24) is 0 Å². The van der Waals surface area contributed by atoms with Crippen LogP contribution in [0.3, 0.4) is 0 Å². The number of hydrogen-bond donors (Lipinski definition) is 2. The molecular weight excluding hydrogens is 324 g/mol. The largest absolute Gasteiger partial charge is 2.00 e. The molecule has 2 aromatic carbocycles. The van der Waals surface area contributed by atoms with Gasteiger partial charge in [0.15, 0.2) is 0 Å². The predicted molar refractivity (Wildman–Crippen MR) is 86.1 cm³/mol. The molecule has 0 bridgehead atoms. The van der Waals surface area contributed by atoms with Crippen molar-refractivity contribution < 1.29 is 19.8 Å². The molecule has 0 saturated heterocycles. The first-order chi connectivity index (χ1) is 10.4. The first-order valence-electron chi connectivity index (χ1n) is 6.46. The fraction of sp³-hybridized carbons (Fsp3) is 0.125. The molecule has 0 aliphatic carbocycles. The molecule has 0 radical (unpaired) electrons. The van der Waals surface area contributed by atoms with Gasteiger partial charge < -0.3 is 20.8 Å². The number of anilines is 2. The smallest absolute Gasteiger partial charge is 0.872 e. The topological polar surface area (TPSA) is 104 Å². The van der Waals surface area contributed by atoms with Crippen LogP contribution in [0.4, 0.5) is 11.4 Å². The molecule has 2 rings (SSSR count). The molecule has 2 aromatic rings. The minimum atomic E-state index is -0.136. The van der Waals surface area contributed by atoms with E-state index in [-0.39, 0.29) is 61.1 Å². The molecule has 0 fully saturated rings. The van der Waals surface area contributed by atoms with Gasteiger partial charge in [-0.05, 0) is 24.3 Å². The molecule has 0 saturated carbocycles. The van der Waals surface area contributed by atoms with Crippen LogP contribution in [0, 0.1) is 0 Å². The third-order valence-electron chi connectivity index (χ3n) is 2.35. The summed E-state index contributed by atoms with van der Waals surface area (Å²) in [7, 11) is 0. The summed E-state index contributed by atoms with van der Waals surface area (Å²) < 4.78 is 0. The molecule has 0 unspecified atom stereocenters. The van der Waals surface area contributed by atoms with E-state index in [0.29, 0.717) is 11.4 Å². The van der Waals surface area contributed by atoms with E-state index < -0.39 is 0 Å². The minimum Gasteiger partial charge on any atom is -0.872 e. The standard InChI is InChI=1S/2C8H9NO2.Ca/c2*1-6(10)9-7-2-4-8(11)5-3-7;/h2*2-5,11H,1H3,(H,9,10);/q;;+2/p-2. The van der Waals surface area contributed by atoms with Gasteiger partial charge >= 0.3 is 37.7 Å². The van der Waals surface area contributed by atoms with Crippen LogP contribution in [0.5, 0.6) is 11.5 Å². The number of carbonyl (C=O) groups excluding carboxylic acids is 2. The SMILES string of the molecule is CC(=O)Nc1ccc([O-])cc1.CC(=O)Nc1ccc([O-])cc1.[Ca+2]. The van der Waals surface area contributed by atoms with Crippen LogP contribution in [-0.4, -0.2) is 49.6 Å². The molecule has 0 atom stereocenters. The Bertz CT molecular complexity index is 570. The fourth-order valence-corrected chi connectivity index (χ4v) is 1.48. The number of carbonyl (C=O) groups is 2. The molecule has 6 nitrogen and oxygen atoms in total. The Hall–Kier alpha value is -1.76. The third-order valence-corrected chi connectivity index (χ3v) is 2.35. The second kappa shape index (κ2) is 10.9. The van der Waals surface area contributed by atoms with E-state index in [1.165, 1.54) is 38.1 Å². The van der Waals surface area contributed by atoms with Gasteiger partial charge in [-0.1, -0.05) is 24.3 Å². The molecular formula is C16H16CaN2O4. The summed E-state index contributed by atoms with van der Waals surface area (Å²) in [6.45, 7) is 2.84. The Morgan fingerprint density at radius 1 is 0.696 bits per heavy atom. The first kappa shape index (κ1) is 21.2. The molecule has 0 aromatic heterocycles. The Kier molecular flexibility index (Phi) is 10.0. The third kappa shape index (κ3) is 9.78. The number of hydrogen-bond acceptors (Lipinski definition) is 4. The zero-order valence-electron chi connectivity index (χ0n) is 13.0. The maximum atomic E-state index is 10.6. The van der Waals surface area contributed by atoms with Crippen molar-refractivity contribution >= 4 is 60.9 Å². The maximum absolute atomic E-state index is 10.6. The number of benzene rings is 2. The fourth-order valence-electron chi connectivity index (χ4n) is 1.48. The average Bonchev–Trinajstić information content (AvgIpc) is 2.44. The van der Waals surface area contributed by atoms with E-state index in [4.69, 9.17) is 0 Å². The van der Waals surface area contributed by atoms with Crippen molar-refractivity contribution in [3.8, 4) is 11.5 Å². The van der Waals surface area contributed by atoms with Crippen LogP contribution in [0.15, 0.2) is 48.5 Å². The summed E-state index contributed by atoms with van der Waals surface area (Å²) in [5.41, 5.74) is 1.30. The molecule has 116 valence electrons. The van der Waals surface area contributed by atoms with Crippen LogP contribution in [0.25, 0.3) is 0 Å². The van der Waals surface area contributed by atoms with Crippen LogP contribution in [-0.2, 0) is 9.59 Å². The van der Waals surface area contributed by atoms with Gasteiger partial charge in [0.25, 0.3) is 0 Å². The monoisotopic (exact) mass is 340 g/mol. The van der Waals surface area contributed by atoms with E-state index in [1.807, 2.05) is 0 Å². The zero-order chi connectivity index (χ0) is 16.5. The summed E-state index contributed by atoms with van der Waals surface area (Å²) >= 11 is 0. The van der Waals surface area contributed by atoms with Gasteiger partial charge in [-0.15, -0.1) is 11.5 Å². The van der Waals surface area contributed by atoms with Crippen LogP contribution < -0.4 is 20.8 Å². The Morgan fingerprint density at radius 3 is 1.17 bits per heavy atom. The molecule has 0 spiro atoms. The van der Waals surface area contributed by atoms with E-state index in [1.54, 1.807) is 24.3 Å². The minimum absolute atomic E-state index is 0. The Labute approximate surface area is 164 Å². The second-order valence-electron chi connectivity index (χ2n) is 4.41. The van der Waals surface area contributed by atoms with Gasteiger partial charge in [-0.3, -0.25) is 9.59 Å². The molecule has 0 aliphatic heterocycles. The molecule has 23 heavy (non-hydrogen) atoms. The van der Waals surface area contributed by atoms with Gasteiger partial charge in [-0.2, -0.15) is 0 Å². The van der Waals surface area contributed by atoms with Crippen molar-refractivity contribution in [2.75, 3.05) is 10.6 Å². The van der Waals surface area contributed by atoms with E-state index in [9.17, 15) is 19.8 Å². The Balaban J connectivity index is 0.000000403. The predicted octanol–water partition coefficient (Wildman–Crippen LogP) is 1.06. The summed E-state index contributed by atoms with van der Waals surface area (Å²) in [6, 6.07) is 11.9. The van der Waals surface area contributed by atoms with Crippen molar-refractivity contribution in [3.63, 3.8) is 0 Å². The summed E-state index contributed by atoms with van der Waals surface area (Å²) in [4.78, 5) is 21.0.